The summed E-state index contributed by atoms with van der Waals surface area (Å²) in [5.41, 5.74) is 0. The van der Waals surface area contributed by atoms with E-state index in [9.17, 15) is 19.4 Å². The molecule has 0 fully saturated rings. The molecule has 71 heavy (non-hydrogen) atoms. The van der Waals surface area contributed by atoms with E-state index in [2.05, 4.69) is 141 Å². The van der Waals surface area contributed by atoms with Crippen LogP contribution in [0.25, 0.3) is 0 Å². The van der Waals surface area contributed by atoms with Crippen LogP contribution in [0.15, 0.2) is 134 Å². The number of amides is 1. The number of nitrogens with one attached hydrogen (secondary N) is 1. The second-order valence-corrected chi connectivity index (χ2v) is 21.0. The second kappa shape index (κ2) is 51.5. The van der Waals surface area contributed by atoms with Crippen LogP contribution in [0.5, 0.6) is 0 Å². The number of carbonyl (C=O) groups is 1. The van der Waals surface area contributed by atoms with Gasteiger partial charge in [-0.05, 0) is 96.3 Å². The highest BCUT2D eigenvalue weighted by Crippen LogP contribution is 2.38. The normalized spacial score (nSPS) is 15.0. The predicted molar refractivity (Wildman–Crippen MR) is 306 cm³/mol. The first kappa shape index (κ1) is 67.6. The van der Waals surface area contributed by atoms with Gasteiger partial charge in [-0.2, -0.15) is 0 Å². The second-order valence-electron chi connectivity index (χ2n) is 19.6. The van der Waals surface area contributed by atoms with E-state index in [1.54, 1.807) is 6.08 Å². The van der Waals surface area contributed by atoms with Crippen LogP contribution in [0, 0.1) is 0 Å². The first-order valence-corrected chi connectivity index (χ1v) is 29.5. The zero-order chi connectivity index (χ0) is 52.0. The number of carbonyl (C=O) groups excluding carboxylic acids is 1. The summed E-state index contributed by atoms with van der Waals surface area (Å²) in [6, 6.07) is -0.898. The van der Waals surface area contributed by atoms with Crippen molar-refractivity contribution in [2.24, 2.45) is 0 Å². The molecule has 3 unspecified atom stereocenters. The Balaban J connectivity index is 4.09. The fourth-order valence-corrected chi connectivity index (χ4v) is 7.96. The molecule has 0 aliphatic rings. The third kappa shape index (κ3) is 54.3. The molecule has 0 radical (unpaired) electrons. The lowest BCUT2D eigenvalue weighted by atomic mass is 10.1. The van der Waals surface area contributed by atoms with E-state index in [-0.39, 0.29) is 12.5 Å². The third-order valence-electron chi connectivity index (χ3n) is 11.6. The highest BCUT2D eigenvalue weighted by molar-refractivity contribution is 7.45. The molecule has 8 nitrogen and oxygen atoms in total. The average molecular weight is 1010 g/mol. The van der Waals surface area contributed by atoms with Crippen molar-refractivity contribution in [3.8, 4) is 0 Å². The van der Waals surface area contributed by atoms with E-state index in [1.807, 2.05) is 27.2 Å². The molecule has 0 bridgehead atoms. The quantitative estimate of drug-likeness (QED) is 0.0272. The van der Waals surface area contributed by atoms with Crippen molar-refractivity contribution in [1.29, 1.82) is 0 Å². The smallest absolute Gasteiger partial charge is 0.268 e. The van der Waals surface area contributed by atoms with Gasteiger partial charge in [0.25, 0.3) is 7.82 Å². The number of hydrogen-bond acceptors (Lipinski definition) is 6. The van der Waals surface area contributed by atoms with Crippen LogP contribution in [0.1, 0.15) is 200 Å². The maximum Gasteiger partial charge on any atom is 0.268 e. The molecular weight excluding hydrogens is 900 g/mol. The number of hydrogen-bond donors (Lipinski definition) is 2. The molecule has 0 saturated heterocycles. The SMILES string of the molecule is CC/C=C\C/C=C\C/C=C\C/C=C\C/C=C\C/C=C\C/C=C\C/C=C\C/C=C\C/C=C\CCCCCCCCCCC(=O)NC(COP(=O)([O-])OCC[N+](C)(C)C)C(O)/C=C/CCCCCCCCCC. The monoisotopic (exact) mass is 1000 g/mol. The van der Waals surface area contributed by atoms with Gasteiger partial charge in [0, 0.05) is 6.42 Å². The molecule has 9 heteroatoms. The van der Waals surface area contributed by atoms with E-state index in [4.69, 9.17) is 9.05 Å². The highest BCUT2D eigenvalue weighted by Gasteiger charge is 2.23. The Morgan fingerprint density at radius 3 is 1.25 bits per heavy atom. The molecular formula is C62H105N2O6P. The Kier molecular flexibility index (Phi) is 49.1. The fraction of sp³-hybridized carbons (Fsp3) is 0.629. The van der Waals surface area contributed by atoms with Gasteiger partial charge in [-0.3, -0.25) is 9.36 Å². The van der Waals surface area contributed by atoms with E-state index >= 15 is 0 Å². The molecule has 0 aromatic heterocycles. The van der Waals surface area contributed by atoms with Crippen LogP contribution >= 0.6 is 7.82 Å². The summed E-state index contributed by atoms with van der Waals surface area (Å²) >= 11 is 0. The molecule has 2 N–H and O–H groups in total. The maximum absolute atomic E-state index is 12.9. The molecule has 0 rings (SSSR count). The zero-order valence-electron chi connectivity index (χ0n) is 45.9. The third-order valence-corrected chi connectivity index (χ3v) is 12.6. The lowest BCUT2D eigenvalue weighted by Crippen LogP contribution is -2.45. The maximum atomic E-state index is 12.9. The van der Waals surface area contributed by atoms with E-state index in [0.29, 0.717) is 17.4 Å². The summed E-state index contributed by atoms with van der Waals surface area (Å²) < 4.78 is 23.2. The number of aliphatic hydroxyl groups excluding tert-OH is 1. The molecule has 0 aliphatic carbocycles. The van der Waals surface area contributed by atoms with Gasteiger partial charge < -0.3 is 28.8 Å². The summed E-state index contributed by atoms with van der Waals surface area (Å²) in [6.45, 7) is 4.48. The van der Waals surface area contributed by atoms with Crippen molar-refractivity contribution in [3.63, 3.8) is 0 Å². The van der Waals surface area contributed by atoms with Gasteiger partial charge >= 0.3 is 0 Å². The number of allylic oxidation sites excluding steroid dienone is 21. The lowest BCUT2D eigenvalue weighted by molar-refractivity contribution is -0.870. The molecule has 0 aliphatic heterocycles. The number of nitrogens with zero attached hydrogens (tertiary/aromatic N) is 1. The molecule has 0 aromatic carbocycles. The van der Waals surface area contributed by atoms with E-state index in [0.717, 1.165) is 116 Å². The van der Waals surface area contributed by atoms with E-state index < -0.39 is 26.6 Å². The van der Waals surface area contributed by atoms with Gasteiger partial charge in [0.15, 0.2) is 0 Å². The summed E-state index contributed by atoms with van der Waals surface area (Å²) in [4.78, 5) is 25.4. The Morgan fingerprint density at radius 2 is 0.859 bits per heavy atom. The van der Waals surface area contributed by atoms with Gasteiger partial charge in [0.05, 0.1) is 39.9 Å². The molecule has 1 amide bonds. The molecule has 3 atom stereocenters. The van der Waals surface area contributed by atoms with Crippen molar-refractivity contribution in [2.75, 3.05) is 40.9 Å². The molecule has 0 saturated carbocycles. The zero-order valence-corrected chi connectivity index (χ0v) is 46.8. The Bertz CT molecular complexity index is 1610. The van der Waals surface area contributed by atoms with E-state index in [1.165, 1.54) is 64.2 Å². The number of unbranched alkanes of at least 4 members (excludes halogenated alkanes) is 16. The number of rotatable bonds is 49. The van der Waals surface area contributed by atoms with Gasteiger partial charge in [-0.25, -0.2) is 0 Å². The molecule has 404 valence electrons. The van der Waals surface area contributed by atoms with Crippen LogP contribution in [0.4, 0.5) is 0 Å². The molecule has 0 heterocycles. The molecule has 0 spiro atoms. The van der Waals surface area contributed by atoms with Crippen LogP contribution in [0.2, 0.25) is 0 Å². The number of aliphatic hydroxyl groups is 1. The van der Waals surface area contributed by atoms with Crippen LogP contribution in [-0.4, -0.2) is 68.5 Å². The summed E-state index contributed by atoms with van der Waals surface area (Å²) in [6.07, 6.45) is 78.2. The van der Waals surface area contributed by atoms with Gasteiger partial charge in [0.1, 0.15) is 13.2 Å². The fourth-order valence-electron chi connectivity index (χ4n) is 7.24. The summed E-state index contributed by atoms with van der Waals surface area (Å²) in [7, 11) is 1.23. The lowest BCUT2D eigenvalue weighted by Gasteiger charge is -2.29. The van der Waals surface area contributed by atoms with Crippen LogP contribution in [-0.2, 0) is 18.4 Å². The number of phosphoric ester groups is 1. The summed E-state index contributed by atoms with van der Waals surface area (Å²) in [5.74, 6) is -0.214. The Hall–Kier alpha value is -3.36. The standard InChI is InChI=1S/C62H105N2O6P/c1-6-8-10-12-14-16-18-19-20-21-22-23-24-25-26-27-28-29-30-31-32-33-34-35-36-37-38-39-40-41-42-43-44-45-46-48-50-52-54-56-62(66)63-60(59-70-71(67,68)69-58-57-64(3,4)5)61(65)55-53-51-49-47-17-15-13-11-9-7-2/h8,10,14,16,19-20,22-23,25-26,28-29,31-32,34-35,37-38,40-41,53,55,60-61,65H,6-7,9,11-13,15,17-18,21,24,27,30,33,36,39,42-52,54,56-59H2,1-5H3,(H-,63,66,67,68)/b10-8-,16-14-,20-19-,23-22-,26-25-,29-28-,32-31-,35-34-,38-37-,41-40-,55-53+. The van der Waals surface area contributed by atoms with Crippen molar-refractivity contribution in [2.45, 2.75) is 212 Å². The van der Waals surface area contributed by atoms with Crippen LogP contribution in [0.3, 0.4) is 0 Å². The number of quaternary nitrogens is 1. The first-order chi connectivity index (χ1) is 34.5. The van der Waals surface area contributed by atoms with Crippen molar-refractivity contribution in [3.05, 3.63) is 134 Å². The summed E-state index contributed by atoms with van der Waals surface area (Å²) in [5, 5.41) is 13.8. The van der Waals surface area contributed by atoms with Crippen LogP contribution < -0.4 is 10.2 Å². The first-order valence-electron chi connectivity index (χ1n) is 28.0. The minimum atomic E-state index is -4.60. The van der Waals surface area contributed by atoms with Gasteiger partial charge in [-0.1, -0.05) is 231 Å². The molecule has 0 aromatic rings. The number of likely N-dealkylation sites (N-methyl/N-ethyl adjacent to an activating group) is 1. The number of phosphoric acid groups is 1. The minimum absolute atomic E-state index is 0.00941. The van der Waals surface area contributed by atoms with Crippen molar-refractivity contribution < 1.29 is 32.9 Å². The highest BCUT2D eigenvalue weighted by atomic mass is 31.2. The minimum Gasteiger partial charge on any atom is -0.756 e. The predicted octanol–water partition coefficient (Wildman–Crippen LogP) is 16.5. The average Bonchev–Trinajstić information content (AvgIpc) is 3.33. The Labute approximate surface area is 436 Å². The topological polar surface area (TPSA) is 108 Å². The van der Waals surface area contributed by atoms with Crippen molar-refractivity contribution >= 4 is 13.7 Å². The van der Waals surface area contributed by atoms with Crippen molar-refractivity contribution in [1.82, 2.24) is 5.32 Å². The van der Waals surface area contributed by atoms with Gasteiger partial charge in [-0.15, -0.1) is 0 Å². The largest absolute Gasteiger partial charge is 0.756 e. The Morgan fingerprint density at radius 1 is 0.507 bits per heavy atom. The van der Waals surface area contributed by atoms with Gasteiger partial charge in [0.2, 0.25) is 5.91 Å².